The normalized spacial score (nSPS) is 24.1. The van der Waals surface area contributed by atoms with E-state index in [-0.39, 0.29) is 41.2 Å². The van der Waals surface area contributed by atoms with Gasteiger partial charge in [0.25, 0.3) is 0 Å². The molecule has 4 heterocycles. The van der Waals surface area contributed by atoms with Crippen LogP contribution in [0.4, 0.5) is 0 Å². The van der Waals surface area contributed by atoms with Crippen molar-refractivity contribution in [3.63, 3.8) is 0 Å². The Morgan fingerprint density at radius 3 is 2.73 bits per heavy atom. The number of aliphatic hydroxyl groups is 1. The number of aromatic nitrogens is 2. The molecule has 4 atom stereocenters. The molecule has 1 amide bonds. The molecule has 2 aromatic heterocycles. The SMILES string of the molecule is COC(=O)/C=C\c1ncn2cc(C3=C(C(=O)[O-])N4C(=O)[C@H]([C@@H](C)O)[C@H]4[C@H]3C)sc12.[Na+]. The fourth-order valence-corrected chi connectivity index (χ4v) is 5.35. The van der Waals surface area contributed by atoms with E-state index in [2.05, 4.69) is 9.72 Å². The predicted molar refractivity (Wildman–Crippen MR) is 101 cm³/mol. The molecule has 30 heavy (non-hydrogen) atoms. The van der Waals surface area contributed by atoms with E-state index in [1.807, 2.05) is 6.92 Å². The number of carboxylic acids is 1. The van der Waals surface area contributed by atoms with Gasteiger partial charge in [0.1, 0.15) is 11.2 Å². The fourth-order valence-electron chi connectivity index (χ4n) is 4.16. The van der Waals surface area contributed by atoms with Gasteiger partial charge in [-0.25, -0.2) is 9.78 Å². The van der Waals surface area contributed by atoms with Crippen LogP contribution in [0.25, 0.3) is 16.5 Å². The van der Waals surface area contributed by atoms with Gasteiger partial charge in [0.15, 0.2) is 0 Å². The molecule has 4 rings (SSSR count). The number of carbonyl (C=O) groups excluding carboxylic acids is 3. The van der Waals surface area contributed by atoms with Gasteiger partial charge >= 0.3 is 35.5 Å². The minimum atomic E-state index is -1.42. The Kier molecular flexibility index (Phi) is 6.26. The van der Waals surface area contributed by atoms with E-state index in [1.165, 1.54) is 42.4 Å². The number of methoxy groups -OCH3 is 1. The Balaban J connectivity index is 0.00000256. The molecule has 2 aromatic rings. The summed E-state index contributed by atoms with van der Waals surface area (Å²) in [6.07, 6.45) is 5.21. The maximum absolute atomic E-state index is 12.5. The summed E-state index contributed by atoms with van der Waals surface area (Å²) < 4.78 is 6.31. The molecule has 0 bridgehead atoms. The molecule has 1 saturated heterocycles. The van der Waals surface area contributed by atoms with E-state index in [0.29, 0.717) is 21.0 Å². The zero-order chi connectivity index (χ0) is 21.0. The molecule has 0 spiro atoms. The van der Waals surface area contributed by atoms with Crippen LogP contribution >= 0.6 is 11.3 Å². The first kappa shape index (κ1) is 22.7. The number of hydrogen-bond acceptors (Lipinski definition) is 8. The van der Waals surface area contributed by atoms with Gasteiger partial charge in [0.05, 0.1) is 47.4 Å². The first-order valence-corrected chi connectivity index (χ1v) is 9.77. The molecule has 11 heteroatoms. The third-order valence-electron chi connectivity index (χ3n) is 5.45. The van der Waals surface area contributed by atoms with Crippen molar-refractivity contribution in [1.82, 2.24) is 14.3 Å². The number of aliphatic carboxylic acids is 1. The van der Waals surface area contributed by atoms with Crippen LogP contribution in [-0.2, 0) is 19.1 Å². The van der Waals surface area contributed by atoms with Gasteiger partial charge in [-0.2, -0.15) is 0 Å². The quantitative estimate of drug-likeness (QED) is 0.227. The number of aliphatic hydroxyl groups excluding tert-OH is 1. The smallest absolute Gasteiger partial charge is 0.543 e. The first-order valence-electron chi connectivity index (χ1n) is 8.95. The number of hydrogen-bond donors (Lipinski definition) is 1. The minimum absolute atomic E-state index is 0. The van der Waals surface area contributed by atoms with Crippen molar-refractivity contribution in [1.29, 1.82) is 0 Å². The van der Waals surface area contributed by atoms with E-state index in [0.717, 1.165) is 0 Å². The van der Waals surface area contributed by atoms with E-state index >= 15 is 0 Å². The van der Waals surface area contributed by atoms with E-state index in [1.54, 1.807) is 16.9 Å². The third kappa shape index (κ3) is 3.32. The Morgan fingerprint density at radius 2 is 2.13 bits per heavy atom. The number of imidazole rings is 1. The molecule has 152 valence electrons. The Morgan fingerprint density at radius 1 is 1.43 bits per heavy atom. The van der Waals surface area contributed by atoms with E-state index in [9.17, 15) is 24.6 Å². The second-order valence-corrected chi connectivity index (χ2v) is 8.13. The van der Waals surface area contributed by atoms with Crippen molar-refractivity contribution < 1.29 is 58.9 Å². The van der Waals surface area contributed by atoms with Crippen molar-refractivity contribution in [2.45, 2.75) is 26.0 Å². The average Bonchev–Trinajstić information content (AvgIpc) is 3.29. The van der Waals surface area contributed by atoms with Crippen molar-refractivity contribution in [3.05, 3.63) is 34.9 Å². The molecule has 2 aliphatic rings. The second kappa shape index (κ2) is 8.27. The number of ether oxygens (including phenoxy) is 1. The van der Waals surface area contributed by atoms with Crippen LogP contribution in [0.3, 0.4) is 0 Å². The number of carbonyl (C=O) groups is 3. The van der Waals surface area contributed by atoms with Crippen LogP contribution in [0, 0.1) is 11.8 Å². The number of rotatable bonds is 5. The molecule has 1 N–H and O–H groups in total. The van der Waals surface area contributed by atoms with Gasteiger partial charge in [0, 0.05) is 23.8 Å². The largest absolute Gasteiger partial charge is 1.00 e. The summed E-state index contributed by atoms with van der Waals surface area (Å²) in [6.45, 7) is 3.38. The van der Waals surface area contributed by atoms with Crippen LogP contribution in [0.15, 0.2) is 24.3 Å². The number of nitrogens with zero attached hydrogens (tertiary/aromatic N) is 3. The second-order valence-electron chi connectivity index (χ2n) is 7.10. The number of β-lactam (4-membered cyclic amide) rings is 1. The molecule has 0 unspecified atom stereocenters. The first-order chi connectivity index (χ1) is 13.8. The molecule has 0 aliphatic carbocycles. The summed E-state index contributed by atoms with van der Waals surface area (Å²) in [5.74, 6) is -3.26. The van der Waals surface area contributed by atoms with Crippen molar-refractivity contribution >= 4 is 45.7 Å². The molecule has 0 aromatic carbocycles. The predicted octanol–water partition coefficient (Wildman–Crippen LogP) is -3.10. The van der Waals surface area contributed by atoms with Crippen molar-refractivity contribution in [3.8, 4) is 0 Å². The molecule has 2 aliphatic heterocycles. The van der Waals surface area contributed by atoms with Gasteiger partial charge in [-0.1, -0.05) is 6.92 Å². The number of fused-ring (bicyclic) bond motifs is 2. The molecule has 0 radical (unpaired) electrons. The summed E-state index contributed by atoms with van der Waals surface area (Å²) in [4.78, 5) is 42.5. The van der Waals surface area contributed by atoms with Gasteiger partial charge in [0.2, 0.25) is 5.91 Å². The van der Waals surface area contributed by atoms with Crippen LogP contribution < -0.4 is 34.7 Å². The standard InChI is InChI=1S/C19H19N3O6S.Na/c1-8-13(16(19(26)27)22-15(8)14(9(2)23)17(22)25)11-6-21-7-20-10(18(21)29-11)4-5-12(24)28-3;/h4-9,14-15,23H,1-3H3,(H,26,27);/q;+1/p-1/b5-4-;/t8-,9+,14+,15+;/m0./s1. The minimum Gasteiger partial charge on any atom is -0.543 e. The number of carboxylic acid groups (broad SMARTS) is 1. The summed E-state index contributed by atoms with van der Waals surface area (Å²) in [7, 11) is 1.28. The average molecular weight is 439 g/mol. The van der Waals surface area contributed by atoms with Crippen molar-refractivity contribution in [2.24, 2.45) is 11.8 Å². The van der Waals surface area contributed by atoms with Gasteiger partial charge in [-0.15, -0.1) is 11.3 Å². The summed E-state index contributed by atoms with van der Waals surface area (Å²) >= 11 is 1.30. The van der Waals surface area contributed by atoms with Gasteiger partial charge in [-0.3, -0.25) is 9.20 Å². The van der Waals surface area contributed by atoms with Crippen molar-refractivity contribution in [2.75, 3.05) is 7.11 Å². The van der Waals surface area contributed by atoms with Crippen LogP contribution in [-0.4, -0.2) is 56.5 Å². The monoisotopic (exact) mass is 439 g/mol. The molecular weight excluding hydrogens is 421 g/mol. The molecule has 1 fully saturated rings. The van der Waals surface area contributed by atoms with Gasteiger partial charge in [-0.05, 0) is 13.0 Å². The third-order valence-corrected chi connectivity index (χ3v) is 6.61. The number of amides is 1. The zero-order valence-corrected chi connectivity index (χ0v) is 19.7. The summed E-state index contributed by atoms with van der Waals surface area (Å²) in [6, 6.07) is -0.413. The zero-order valence-electron chi connectivity index (χ0n) is 16.9. The Bertz CT molecular complexity index is 1100. The maximum Gasteiger partial charge on any atom is 1.00 e. The van der Waals surface area contributed by atoms with Crippen LogP contribution in [0.2, 0.25) is 0 Å². The van der Waals surface area contributed by atoms with E-state index in [4.69, 9.17) is 0 Å². The fraction of sp³-hybridized carbons (Fsp3) is 0.368. The molecule has 0 saturated carbocycles. The van der Waals surface area contributed by atoms with Crippen LogP contribution in [0.5, 0.6) is 0 Å². The molecular formula is C19H18N3NaO6S. The van der Waals surface area contributed by atoms with Crippen LogP contribution in [0.1, 0.15) is 24.4 Å². The summed E-state index contributed by atoms with van der Waals surface area (Å²) in [5.41, 5.74) is 0.894. The Hall–Kier alpha value is -1.98. The number of thiazole rings is 1. The van der Waals surface area contributed by atoms with Gasteiger partial charge < -0.3 is 24.6 Å². The topological polar surface area (TPSA) is 124 Å². The van der Waals surface area contributed by atoms with E-state index < -0.39 is 35.9 Å². The Labute approximate surface area is 197 Å². The molecule has 9 nitrogen and oxygen atoms in total. The summed E-state index contributed by atoms with van der Waals surface area (Å²) in [5, 5.41) is 21.8. The maximum atomic E-state index is 12.5. The number of esters is 1.